The van der Waals surface area contributed by atoms with Crippen molar-refractivity contribution in [2.75, 3.05) is 37.6 Å². The Kier molecular flexibility index (Phi) is 7.75. The van der Waals surface area contributed by atoms with Crippen molar-refractivity contribution in [3.05, 3.63) is 52.9 Å². The fourth-order valence-corrected chi connectivity index (χ4v) is 3.39. The van der Waals surface area contributed by atoms with Gasteiger partial charge in [-0.3, -0.25) is 10.3 Å². The molecule has 1 aromatic carbocycles. The molecule has 7 heteroatoms. The van der Waals surface area contributed by atoms with Gasteiger partial charge >= 0.3 is 0 Å². The molecule has 0 bridgehead atoms. The third-order valence-corrected chi connectivity index (χ3v) is 4.75. The van der Waals surface area contributed by atoms with Crippen molar-refractivity contribution < 1.29 is 0 Å². The van der Waals surface area contributed by atoms with E-state index >= 15 is 0 Å². The zero-order valence-corrected chi connectivity index (χ0v) is 17.2. The van der Waals surface area contributed by atoms with E-state index in [1.54, 1.807) is 0 Å². The molecule has 2 rings (SSSR count). The lowest BCUT2D eigenvalue weighted by Crippen LogP contribution is -2.47. The van der Waals surface area contributed by atoms with Gasteiger partial charge in [-0.25, -0.2) is 5.53 Å². The third-order valence-electron chi connectivity index (χ3n) is 4.75. The van der Waals surface area contributed by atoms with Gasteiger partial charge in [0.1, 0.15) is 0 Å². The molecule has 7 nitrogen and oxygen atoms in total. The van der Waals surface area contributed by atoms with Crippen molar-refractivity contribution in [2.24, 2.45) is 22.5 Å². The Hall–Kier alpha value is -2.67. The van der Waals surface area contributed by atoms with Gasteiger partial charge in [-0.1, -0.05) is 19.9 Å². The Labute approximate surface area is 168 Å². The highest BCUT2D eigenvalue weighted by atomic mass is 15.3. The first-order chi connectivity index (χ1) is 13.3. The van der Waals surface area contributed by atoms with Gasteiger partial charge in [0.05, 0.1) is 0 Å². The highest BCUT2D eigenvalue weighted by Crippen LogP contribution is 2.26. The second-order valence-corrected chi connectivity index (χ2v) is 7.83. The van der Waals surface area contributed by atoms with Crippen LogP contribution in [0.25, 0.3) is 0 Å². The van der Waals surface area contributed by atoms with Crippen LogP contribution < -0.4 is 16.4 Å². The van der Waals surface area contributed by atoms with Crippen molar-refractivity contribution in [1.82, 2.24) is 4.90 Å². The van der Waals surface area contributed by atoms with E-state index in [-0.39, 0.29) is 5.84 Å². The summed E-state index contributed by atoms with van der Waals surface area (Å²) in [6, 6.07) is 6.14. The molecule has 0 unspecified atom stereocenters. The molecule has 6 N–H and O–H groups in total. The normalized spacial score (nSPS) is 16.5. The van der Waals surface area contributed by atoms with E-state index in [4.69, 9.17) is 22.4 Å². The van der Waals surface area contributed by atoms with Gasteiger partial charge in [0, 0.05) is 55.4 Å². The van der Waals surface area contributed by atoms with E-state index in [9.17, 15) is 0 Å². The molecule has 0 saturated carbocycles. The Bertz CT molecular complexity index is 752. The first-order valence-corrected chi connectivity index (χ1v) is 9.75. The summed E-state index contributed by atoms with van der Waals surface area (Å²) in [4.78, 5) is 4.61. The molecule has 28 heavy (non-hydrogen) atoms. The van der Waals surface area contributed by atoms with E-state index in [1.807, 2.05) is 31.2 Å². The predicted octanol–water partition coefficient (Wildman–Crippen LogP) is 3.07. The van der Waals surface area contributed by atoms with Crippen LogP contribution in [0.3, 0.4) is 0 Å². The summed E-state index contributed by atoms with van der Waals surface area (Å²) in [5.41, 5.74) is 23.5. The largest absolute Gasteiger partial charge is 0.402 e. The van der Waals surface area contributed by atoms with E-state index in [1.165, 1.54) is 5.56 Å². The summed E-state index contributed by atoms with van der Waals surface area (Å²) in [6.45, 7) is 10.4. The SMILES string of the molecule is C/C(N)=C/C=C(\N)CN1CCN(c2cc(CC(C)C)ccc2C(=N)N=N)CC1. The average molecular weight is 384 g/mol. The van der Waals surface area contributed by atoms with E-state index in [0.717, 1.165) is 61.8 Å². The lowest BCUT2D eigenvalue weighted by atomic mass is 9.99. The Morgan fingerprint density at radius 2 is 1.86 bits per heavy atom. The van der Waals surface area contributed by atoms with Crippen LogP contribution >= 0.6 is 0 Å². The minimum absolute atomic E-state index is 0.00430. The van der Waals surface area contributed by atoms with Gasteiger partial charge in [0.25, 0.3) is 0 Å². The van der Waals surface area contributed by atoms with Crippen LogP contribution in [-0.2, 0) is 6.42 Å². The maximum absolute atomic E-state index is 8.03. The Morgan fingerprint density at radius 1 is 1.18 bits per heavy atom. The van der Waals surface area contributed by atoms with Crippen LogP contribution in [0.2, 0.25) is 0 Å². The molecule has 0 spiro atoms. The zero-order chi connectivity index (χ0) is 20.7. The second-order valence-electron chi connectivity index (χ2n) is 7.83. The van der Waals surface area contributed by atoms with Crippen molar-refractivity contribution in [3.8, 4) is 0 Å². The van der Waals surface area contributed by atoms with Crippen LogP contribution in [0.1, 0.15) is 31.9 Å². The number of benzene rings is 1. The second kappa shape index (κ2) is 10.0. The van der Waals surface area contributed by atoms with E-state index in [2.05, 4.69) is 34.8 Å². The summed E-state index contributed by atoms with van der Waals surface area (Å²) in [6.07, 6.45) is 4.69. The number of rotatable bonds is 7. The number of hydrogen-bond donors (Lipinski definition) is 4. The molecule has 0 amide bonds. The lowest BCUT2D eigenvalue weighted by Gasteiger charge is -2.37. The number of nitrogens with one attached hydrogen (secondary N) is 2. The van der Waals surface area contributed by atoms with Crippen molar-refractivity contribution >= 4 is 11.5 Å². The fraction of sp³-hybridized carbons (Fsp3) is 0.476. The quantitative estimate of drug-likeness (QED) is 0.250. The van der Waals surface area contributed by atoms with Crippen LogP contribution in [0.4, 0.5) is 5.69 Å². The van der Waals surface area contributed by atoms with E-state index in [0.29, 0.717) is 5.92 Å². The van der Waals surface area contributed by atoms with Crippen LogP contribution in [-0.4, -0.2) is 43.5 Å². The van der Waals surface area contributed by atoms with Crippen molar-refractivity contribution in [3.63, 3.8) is 0 Å². The number of amidine groups is 1. The summed E-state index contributed by atoms with van der Waals surface area (Å²) in [5, 5.41) is 11.4. The van der Waals surface area contributed by atoms with Crippen LogP contribution in [0, 0.1) is 16.9 Å². The molecule has 1 saturated heterocycles. The highest BCUT2D eigenvalue weighted by molar-refractivity contribution is 6.01. The Morgan fingerprint density at radius 3 is 2.43 bits per heavy atom. The molecule has 0 aliphatic carbocycles. The topological polar surface area (TPSA) is 119 Å². The van der Waals surface area contributed by atoms with Crippen LogP contribution in [0.15, 0.2) is 46.9 Å². The van der Waals surface area contributed by atoms with Gasteiger partial charge in [-0.05, 0) is 49.1 Å². The molecule has 1 fully saturated rings. The maximum atomic E-state index is 8.03. The minimum atomic E-state index is 0.00430. The molecule has 1 heterocycles. The summed E-state index contributed by atoms with van der Waals surface area (Å²) in [5.74, 6) is 0.571. The van der Waals surface area contributed by atoms with Crippen molar-refractivity contribution in [2.45, 2.75) is 27.2 Å². The molecule has 0 atom stereocenters. The van der Waals surface area contributed by atoms with Gasteiger partial charge in [0.2, 0.25) is 0 Å². The van der Waals surface area contributed by atoms with Gasteiger partial charge in [-0.2, -0.15) is 0 Å². The number of allylic oxidation sites excluding steroid dienone is 3. The fourth-order valence-electron chi connectivity index (χ4n) is 3.39. The molecule has 152 valence electrons. The van der Waals surface area contributed by atoms with Gasteiger partial charge in [0.15, 0.2) is 5.84 Å². The molecule has 0 aromatic heterocycles. The minimum Gasteiger partial charge on any atom is -0.402 e. The monoisotopic (exact) mass is 383 g/mol. The number of nitrogens with zero attached hydrogens (tertiary/aromatic N) is 3. The highest BCUT2D eigenvalue weighted by Gasteiger charge is 2.21. The maximum Gasteiger partial charge on any atom is 0.175 e. The third kappa shape index (κ3) is 6.20. The van der Waals surface area contributed by atoms with Crippen LogP contribution in [0.5, 0.6) is 0 Å². The van der Waals surface area contributed by atoms with Gasteiger partial charge in [-0.15, -0.1) is 5.11 Å². The molecule has 0 radical (unpaired) electrons. The zero-order valence-electron chi connectivity index (χ0n) is 17.2. The smallest absolute Gasteiger partial charge is 0.175 e. The molecular formula is C21H33N7. The lowest BCUT2D eigenvalue weighted by molar-refractivity contribution is 0.277. The van der Waals surface area contributed by atoms with E-state index < -0.39 is 0 Å². The van der Waals surface area contributed by atoms with Crippen molar-refractivity contribution in [1.29, 1.82) is 10.9 Å². The number of anilines is 1. The van der Waals surface area contributed by atoms with Gasteiger partial charge < -0.3 is 16.4 Å². The standard InChI is InChI=1S/C21H33N7/c1-15(2)12-17-5-7-19(21(24)26-25)20(13-17)28-10-8-27(9-11-28)14-18(23)6-4-16(3)22/h4-7,13,15,24-25H,8-12,14,22-23H2,1-3H3/b16-4-,18-6-,24-21?,26-25?. The number of nitrogens with two attached hydrogens (primary N) is 2. The number of hydrogen-bond acceptors (Lipinski definition) is 6. The molecule has 1 aliphatic rings. The predicted molar refractivity (Wildman–Crippen MR) is 116 cm³/mol. The first kappa shape index (κ1) is 21.6. The first-order valence-electron chi connectivity index (χ1n) is 9.75. The summed E-state index contributed by atoms with van der Waals surface area (Å²) < 4.78 is 0. The number of piperazine rings is 1. The molecular weight excluding hydrogens is 350 g/mol. The Balaban J connectivity index is 2.11. The molecule has 1 aliphatic heterocycles. The average Bonchev–Trinajstić information content (AvgIpc) is 2.66. The summed E-state index contributed by atoms with van der Waals surface area (Å²) >= 11 is 0. The summed E-state index contributed by atoms with van der Waals surface area (Å²) in [7, 11) is 0. The molecule has 1 aromatic rings.